The Morgan fingerprint density at radius 1 is 1.25 bits per heavy atom. The second-order valence-electron chi connectivity index (χ2n) is 6.41. The van der Waals surface area contributed by atoms with Crippen molar-refractivity contribution in [2.45, 2.75) is 25.4 Å². The van der Waals surface area contributed by atoms with Crippen molar-refractivity contribution in [1.82, 2.24) is 25.1 Å². The van der Waals surface area contributed by atoms with E-state index in [2.05, 4.69) is 46.4 Å². The monoisotopic (exact) mass is 393 g/mol. The number of benzene rings is 1. The molecule has 4 aromatic rings. The third-order valence-corrected chi connectivity index (χ3v) is 5.29. The van der Waals surface area contributed by atoms with Crippen LogP contribution in [0.15, 0.2) is 58.6 Å². The molecule has 142 valence electrons. The largest absolute Gasteiger partial charge is 0.467 e. The smallest absolute Gasteiger partial charge is 0.230 e. The molecule has 0 fully saturated rings. The zero-order chi connectivity index (χ0) is 19.5. The molecule has 0 aliphatic heterocycles. The molecule has 7 nitrogen and oxygen atoms in total. The number of aromatic nitrogens is 4. The van der Waals surface area contributed by atoms with Crippen LogP contribution in [0.5, 0.6) is 0 Å². The fourth-order valence-corrected chi connectivity index (χ4v) is 3.73. The van der Waals surface area contributed by atoms with Crippen LogP contribution in [0.1, 0.15) is 16.9 Å². The molecule has 1 N–H and O–H groups in total. The summed E-state index contributed by atoms with van der Waals surface area (Å²) in [6.45, 7) is 4.48. The Morgan fingerprint density at radius 2 is 2.14 bits per heavy atom. The first-order valence-electron chi connectivity index (χ1n) is 8.80. The lowest BCUT2D eigenvalue weighted by Gasteiger charge is -2.08. The fraction of sp³-hybridized carbons (Fsp3) is 0.200. The number of carbonyl (C=O) groups excluding carboxylic acids is 1. The molecule has 8 heteroatoms. The average molecular weight is 393 g/mol. The number of furan rings is 1. The van der Waals surface area contributed by atoms with E-state index in [0.717, 1.165) is 33.1 Å². The van der Waals surface area contributed by atoms with E-state index in [1.165, 1.54) is 23.7 Å². The predicted molar refractivity (Wildman–Crippen MR) is 107 cm³/mol. The first-order valence-corrected chi connectivity index (χ1v) is 9.78. The standard InChI is InChI=1S/C20H19N5O2S/c1-13-5-6-17(14(2)8-13)25-19-16(10-24-25)20(23-12-22-19)28-11-18(26)21-9-15-4-3-7-27-15/h3-8,10,12H,9,11H2,1-2H3,(H,21,26). The minimum atomic E-state index is -0.0880. The first-order chi connectivity index (χ1) is 13.6. The Hall–Kier alpha value is -3.13. The number of hydrogen-bond donors (Lipinski definition) is 1. The third kappa shape index (κ3) is 3.77. The lowest BCUT2D eigenvalue weighted by atomic mass is 10.1. The Bertz CT molecular complexity index is 1120. The van der Waals surface area contributed by atoms with Gasteiger partial charge in [-0.05, 0) is 37.6 Å². The molecule has 4 rings (SSSR count). The molecule has 0 saturated carbocycles. The van der Waals surface area contributed by atoms with Gasteiger partial charge in [0.2, 0.25) is 5.91 Å². The van der Waals surface area contributed by atoms with Gasteiger partial charge >= 0.3 is 0 Å². The van der Waals surface area contributed by atoms with Gasteiger partial charge < -0.3 is 9.73 Å². The van der Waals surface area contributed by atoms with Crippen molar-refractivity contribution in [3.05, 3.63) is 66.0 Å². The van der Waals surface area contributed by atoms with E-state index in [4.69, 9.17) is 4.42 Å². The van der Waals surface area contributed by atoms with Gasteiger partial charge in [-0.15, -0.1) is 0 Å². The van der Waals surface area contributed by atoms with Crippen LogP contribution in [0, 0.1) is 13.8 Å². The highest BCUT2D eigenvalue weighted by atomic mass is 32.2. The van der Waals surface area contributed by atoms with Gasteiger partial charge in [0, 0.05) is 0 Å². The van der Waals surface area contributed by atoms with E-state index in [-0.39, 0.29) is 11.7 Å². The van der Waals surface area contributed by atoms with Crippen LogP contribution < -0.4 is 5.32 Å². The maximum Gasteiger partial charge on any atom is 0.230 e. The van der Waals surface area contributed by atoms with Crippen LogP contribution >= 0.6 is 11.8 Å². The van der Waals surface area contributed by atoms with Crippen LogP contribution in [0.3, 0.4) is 0 Å². The summed E-state index contributed by atoms with van der Waals surface area (Å²) in [5.41, 5.74) is 4.02. The number of fused-ring (bicyclic) bond motifs is 1. The van der Waals surface area contributed by atoms with Crippen LogP contribution in [0.25, 0.3) is 16.7 Å². The highest BCUT2D eigenvalue weighted by Gasteiger charge is 2.14. The maximum atomic E-state index is 12.1. The molecule has 1 amide bonds. The topological polar surface area (TPSA) is 85.8 Å². The minimum Gasteiger partial charge on any atom is -0.467 e. The Morgan fingerprint density at radius 3 is 2.93 bits per heavy atom. The number of thioether (sulfide) groups is 1. The van der Waals surface area contributed by atoms with E-state index in [9.17, 15) is 4.79 Å². The summed E-state index contributed by atoms with van der Waals surface area (Å²) < 4.78 is 7.03. The van der Waals surface area contributed by atoms with Crippen molar-refractivity contribution in [2.75, 3.05) is 5.75 Å². The van der Waals surface area contributed by atoms with Crippen LogP contribution in [0.2, 0.25) is 0 Å². The summed E-state index contributed by atoms with van der Waals surface area (Å²) in [6, 6.07) is 9.82. The van der Waals surface area contributed by atoms with Crippen molar-refractivity contribution < 1.29 is 9.21 Å². The van der Waals surface area contributed by atoms with Gasteiger partial charge in [0.25, 0.3) is 0 Å². The van der Waals surface area contributed by atoms with Crippen LogP contribution in [0.4, 0.5) is 0 Å². The molecule has 28 heavy (non-hydrogen) atoms. The number of hydrogen-bond acceptors (Lipinski definition) is 6. The van der Waals surface area contributed by atoms with Crippen molar-refractivity contribution >= 4 is 28.7 Å². The van der Waals surface area contributed by atoms with Gasteiger partial charge in [-0.1, -0.05) is 29.5 Å². The zero-order valence-corrected chi connectivity index (χ0v) is 16.4. The molecule has 1 aromatic carbocycles. The van der Waals surface area contributed by atoms with E-state index in [0.29, 0.717) is 6.54 Å². The van der Waals surface area contributed by atoms with Gasteiger partial charge in [-0.2, -0.15) is 5.10 Å². The van der Waals surface area contributed by atoms with Gasteiger partial charge in [0.15, 0.2) is 5.65 Å². The van der Waals surface area contributed by atoms with E-state index in [1.807, 2.05) is 16.8 Å². The molecule has 0 unspecified atom stereocenters. The fourth-order valence-electron chi connectivity index (χ4n) is 2.94. The Labute approximate surface area is 166 Å². The summed E-state index contributed by atoms with van der Waals surface area (Å²) in [5.74, 6) is 0.883. The molecule has 0 radical (unpaired) electrons. The second-order valence-corrected chi connectivity index (χ2v) is 7.37. The zero-order valence-electron chi connectivity index (χ0n) is 15.5. The Balaban J connectivity index is 1.51. The quantitative estimate of drug-likeness (QED) is 0.399. The van der Waals surface area contributed by atoms with Crippen molar-refractivity contribution in [2.24, 2.45) is 0 Å². The van der Waals surface area contributed by atoms with E-state index < -0.39 is 0 Å². The molecule has 0 aliphatic carbocycles. The molecular formula is C20H19N5O2S. The highest BCUT2D eigenvalue weighted by molar-refractivity contribution is 8.00. The number of amides is 1. The number of carbonyl (C=O) groups is 1. The maximum absolute atomic E-state index is 12.1. The molecule has 0 spiro atoms. The summed E-state index contributed by atoms with van der Waals surface area (Å²) in [7, 11) is 0. The second kappa shape index (κ2) is 7.85. The van der Waals surface area contributed by atoms with Gasteiger partial charge in [0.05, 0.1) is 35.8 Å². The van der Waals surface area contributed by atoms with E-state index in [1.54, 1.807) is 18.5 Å². The summed E-state index contributed by atoms with van der Waals surface area (Å²) in [6.07, 6.45) is 4.84. The lowest BCUT2D eigenvalue weighted by Crippen LogP contribution is -2.24. The molecule has 0 bridgehead atoms. The average Bonchev–Trinajstić information content (AvgIpc) is 3.35. The Kier molecular flexibility index (Phi) is 5.12. The van der Waals surface area contributed by atoms with Crippen molar-refractivity contribution in [3.8, 4) is 5.69 Å². The number of nitrogens with one attached hydrogen (secondary N) is 1. The normalized spacial score (nSPS) is 11.1. The molecule has 3 aromatic heterocycles. The molecule has 3 heterocycles. The van der Waals surface area contributed by atoms with Crippen molar-refractivity contribution in [1.29, 1.82) is 0 Å². The summed E-state index contributed by atoms with van der Waals surface area (Å²) >= 11 is 1.36. The highest BCUT2D eigenvalue weighted by Crippen LogP contribution is 2.26. The molecular weight excluding hydrogens is 374 g/mol. The minimum absolute atomic E-state index is 0.0880. The summed E-state index contributed by atoms with van der Waals surface area (Å²) in [4.78, 5) is 20.8. The number of rotatable bonds is 6. The predicted octanol–water partition coefficient (Wildman–Crippen LogP) is 3.43. The molecule has 0 saturated heterocycles. The van der Waals surface area contributed by atoms with Crippen molar-refractivity contribution in [3.63, 3.8) is 0 Å². The number of nitrogens with zero attached hydrogens (tertiary/aromatic N) is 4. The van der Waals surface area contributed by atoms with Gasteiger partial charge in [-0.3, -0.25) is 4.79 Å². The van der Waals surface area contributed by atoms with Crippen LogP contribution in [-0.2, 0) is 11.3 Å². The number of aryl methyl sites for hydroxylation is 2. The SMILES string of the molecule is Cc1ccc(-n2ncc3c(SCC(=O)NCc4ccco4)ncnc32)c(C)c1. The first kappa shape index (κ1) is 18.2. The van der Waals surface area contributed by atoms with Gasteiger partial charge in [0.1, 0.15) is 17.1 Å². The van der Waals surface area contributed by atoms with E-state index >= 15 is 0 Å². The third-order valence-electron chi connectivity index (χ3n) is 4.29. The lowest BCUT2D eigenvalue weighted by molar-refractivity contribution is -0.118. The van der Waals surface area contributed by atoms with Gasteiger partial charge in [-0.25, -0.2) is 14.6 Å². The summed E-state index contributed by atoms with van der Waals surface area (Å²) in [5, 5.41) is 8.89. The molecule has 0 aliphatic rings. The van der Waals surface area contributed by atoms with Crippen LogP contribution in [-0.4, -0.2) is 31.4 Å². The molecule has 0 atom stereocenters.